The van der Waals surface area contributed by atoms with Gasteiger partial charge in [-0.1, -0.05) is 6.92 Å². The number of nitrogens with one attached hydrogen (secondary N) is 2. The topological polar surface area (TPSA) is 85.2 Å². The molecule has 2 fully saturated rings. The number of amides is 2. The molecule has 6 heteroatoms. The molecule has 0 aromatic rings. The maximum absolute atomic E-state index is 12.2. The van der Waals surface area contributed by atoms with Gasteiger partial charge in [-0.2, -0.15) is 5.26 Å². The summed E-state index contributed by atoms with van der Waals surface area (Å²) in [4.78, 5) is 26.2. The van der Waals surface area contributed by atoms with Crippen molar-refractivity contribution < 1.29 is 9.59 Å². The van der Waals surface area contributed by atoms with Crippen molar-refractivity contribution in [3.63, 3.8) is 0 Å². The average Bonchev–Trinajstić information content (AvgIpc) is 3.02. The summed E-state index contributed by atoms with van der Waals surface area (Å²) >= 11 is 0. The normalized spacial score (nSPS) is 21.6. The van der Waals surface area contributed by atoms with Gasteiger partial charge in [-0.05, 0) is 58.0 Å². The van der Waals surface area contributed by atoms with Gasteiger partial charge in [-0.3, -0.25) is 14.5 Å². The number of hydrogen-bond donors (Lipinski definition) is 2. The molecule has 0 radical (unpaired) electrons. The molecule has 2 N–H and O–H groups in total. The predicted molar refractivity (Wildman–Crippen MR) is 87.4 cm³/mol. The second kappa shape index (κ2) is 8.30. The third kappa shape index (κ3) is 4.93. The molecule has 1 heterocycles. The van der Waals surface area contributed by atoms with Gasteiger partial charge in [-0.15, -0.1) is 0 Å². The molecule has 0 spiro atoms. The molecule has 0 aromatic carbocycles. The Morgan fingerprint density at radius 2 is 1.91 bits per heavy atom. The van der Waals surface area contributed by atoms with E-state index < -0.39 is 5.54 Å². The van der Waals surface area contributed by atoms with E-state index in [1.54, 1.807) is 0 Å². The van der Waals surface area contributed by atoms with Crippen LogP contribution >= 0.6 is 0 Å². The Hall–Kier alpha value is -1.61. The lowest BCUT2D eigenvalue weighted by Crippen LogP contribution is -2.50. The second-order valence-electron chi connectivity index (χ2n) is 6.79. The van der Waals surface area contributed by atoms with Crippen LogP contribution in [0.25, 0.3) is 0 Å². The fourth-order valence-electron chi connectivity index (χ4n) is 3.50. The van der Waals surface area contributed by atoms with Crippen LogP contribution in [0.3, 0.4) is 0 Å². The minimum absolute atomic E-state index is 0.0673. The Kier molecular flexibility index (Phi) is 6.40. The Bertz CT molecular complexity index is 458. The Balaban J connectivity index is 1.72. The molecule has 23 heavy (non-hydrogen) atoms. The zero-order valence-corrected chi connectivity index (χ0v) is 14.1. The van der Waals surface area contributed by atoms with Gasteiger partial charge in [0.05, 0.1) is 12.6 Å². The fraction of sp³-hybridized carbons (Fsp3) is 0.824. The van der Waals surface area contributed by atoms with Crippen molar-refractivity contribution in [2.24, 2.45) is 5.92 Å². The van der Waals surface area contributed by atoms with Crippen LogP contribution in [0.4, 0.5) is 0 Å². The average molecular weight is 320 g/mol. The highest BCUT2D eigenvalue weighted by molar-refractivity contribution is 5.80. The summed E-state index contributed by atoms with van der Waals surface area (Å²) in [5.41, 5.74) is -0.643. The van der Waals surface area contributed by atoms with E-state index in [4.69, 9.17) is 0 Å². The van der Waals surface area contributed by atoms with Gasteiger partial charge in [0, 0.05) is 12.5 Å². The van der Waals surface area contributed by atoms with Gasteiger partial charge in [0.2, 0.25) is 11.8 Å². The number of piperidine rings is 1. The first-order valence-electron chi connectivity index (χ1n) is 8.81. The van der Waals surface area contributed by atoms with Crippen molar-refractivity contribution in [2.75, 3.05) is 26.2 Å². The van der Waals surface area contributed by atoms with Crippen LogP contribution in [-0.4, -0.2) is 48.4 Å². The molecule has 1 saturated heterocycles. The van der Waals surface area contributed by atoms with Gasteiger partial charge < -0.3 is 10.6 Å². The van der Waals surface area contributed by atoms with Crippen molar-refractivity contribution in [1.82, 2.24) is 15.5 Å². The molecule has 1 aliphatic carbocycles. The van der Waals surface area contributed by atoms with Crippen LogP contribution in [0, 0.1) is 17.2 Å². The summed E-state index contributed by atoms with van der Waals surface area (Å²) in [6.45, 7) is 4.62. The first-order valence-corrected chi connectivity index (χ1v) is 8.81. The smallest absolute Gasteiger partial charge is 0.235 e. The molecule has 2 rings (SSSR count). The van der Waals surface area contributed by atoms with Gasteiger partial charge in [0.25, 0.3) is 0 Å². The van der Waals surface area contributed by atoms with Crippen LogP contribution in [0.5, 0.6) is 0 Å². The molecule has 0 unspecified atom stereocenters. The van der Waals surface area contributed by atoms with E-state index >= 15 is 0 Å². The molecular weight excluding hydrogens is 292 g/mol. The minimum Gasteiger partial charge on any atom is -0.356 e. The number of likely N-dealkylation sites (tertiary alicyclic amines) is 1. The van der Waals surface area contributed by atoms with Crippen molar-refractivity contribution >= 4 is 11.8 Å². The lowest BCUT2D eigenvalue weighted by molar-refractivity contribution is -0.127. The molecule has 128 valence electrons. The van der Waals surface area contributed by atoms with Gasteiger partial charge >= 0.3 is 0 Å². The zero-order valence-electron chi connectivity index (χ0n) is 14.1. The molecule has 0 aromatic heterocycles. The highest BCUT2D eigenvalue weighted by Gasteiger charge is 2.36. The Labute approximate surface area is 138 Å². The maximum atomic E-state index is 12.2. The van der Waals surface area contributed by atoms with E-state index in [2.05, 4.69) is 21.6 Å². The minimum atomic E-state index is -0.643. The SMILES string of the molecule is CCCNC(=O)C1CCN(CC(=O)NC2(C#N)CCCC2)CC1. The first-order chi connectivity index (χ1) is 11.1. The summed E-state index contributed by atoms with van der Waals surface area (Å²) < 4.78 is 0. The summed E-state index contributed by atoms with van der Waals surface area (Å²) in [5.74, 6) is 0.147. The quantitative estimate of drug-likeness (QED) is 0.769. The maximum Gasteiger partial charge on any atom is 0.235 e. The highest BCUT2D eigenvalue weighted by Crippen LogP contribution is 2.28. The van der Waals surface area contributed by atoms with Crippen LogP contribution in [-0.2, 0) is 9.59 Å². The largest absolute Gasteiger partial charge is 0.356 e. The van der Waals surface area contributed by atoms with E-state index in [-0.39, 0.29) is 17.7 Å². The highest BCUT2D eigenvalue weighted by atomic mass is 16.2. The Morgan fingerprint density at radius 1 is 1.26 bits per heavy atom. The number of nitrogens with zero attached hydrogens (tertiary/aromatic N) is 2. The zero-order chi connectivity index (χ0) is 16.7. The van der Waals surface area contributed by atoms with E-state index in [0.29, 0.717) is 6.54 Å². The van der Waals surface area contributed by atoms with Crippen molar-refractivity contribution in [2.45, 2.75) is 57.4 Å². The molecule has 2 amide bonds. The van der Waals surface area contributed by atoms with Crippen LogP contribution in [0.2, 0.25) is 0 Å². The van der Waals surface area contributed by atoms with Crippen molar-refractivity contribution in [1.29, 1.82) is 5.26 Å². The van der Waals surface area contributed by atoms with E-state index in [0.717, 1.165) is 64.6 Å². The van der Waals surface area contributed by atoms with Crippen LogP contribution in [0.15, 0.2) is 0 Å². The van der Waals surface area contributed by atoms with Crippen molar-refractivity contribution in [3.8, 4) is 6.07 Å². The molecular formula is C17H28N4O2. The third-order valence-electron chi connectivity index (χ3n) is 4.92. The second-order valence-corrected chi connectivity index (χ2v) is 6.79. The number of rotatable bonds is 6. The number of nitriles is 1. The summed E-state index contributed by atoms with van der Waals surface area (Å²) in [6, 6.07) is 2.28. The molecule has 0 bridgehead atoms. The van der Waals surface area contributed by atoms with E-state index in [1.807, 2.05) is 6.92 Å². The third-order valence-corrected chi connectivity index (χ3v) is 4.92. The summed E-state index contributed by atoms with van der Waals surface area (Å²) in [6.07, 6.45) is 6.08. The van der Waals surface area contributed by atoms with E-state index in [9.17, 15) is 14.9 Å². The lowest BCUT2D eigenvalue weighted by atomic mass is 9.95. The summed E-state index contributed by atoms with van der Waals surface area (Å²) in [7, 11) is 0. The molecule has 0 atom stereocenters. The standard InChI is InChI=1S/C17H28N4O2/c1-2-9-19-16(23)14-5-10-21(11-6-14)12-15(22)20-17(13-18)7-3-4-8-17/h14H,2-12H2,1H3,(H,19,23)(H,20,22). The number of hydrogen-bond acceptors (Lipinski definition) is 4. The molecule has 1 aliphatic heterocycles. The fourth-order valence-corrected chi connectivity index (χ4v) is 3.50. The van der Waals surface area contributed by atoms with Gasteiger partial charge in [0.1, 0.15) is 5.54 Å². The van der Waals surface area contributed by atoms with Gasteiger partial charge in [-0.25, -0.2) is 0 Å². The molecule has 1 saturated carbocycles. The first kappa shape index (κ1) is 17.7. The Morgan fingerprint density at radius 3 is 2.48 bits per heavy atom. The predicted octanol–water partition coefficient (Wildman–Crippen LogP) is 1.18. The number of carbonyl (C=O) groups is 2. The van der Waals surface area contributed by atoms with E-state index in [1.165, 1.54) is 0 Å². The van der Waals surface area contributed by atoms with Crippen molar-refractivity contribution in [3.05, 3.63) is 0 Å². The lowest BCUT2D eigenvalue weighted by Gasteiger charge is -2.31. The monoisotopic (exact) mass is 320 g/mol. The number of carbonyl (C=O) groups excluding carboxylic acids is 2. The van der Waals surface area contributed by atoms with Crippen LogP contribution < -0.4 is 10.6 Å². The van der Waals surface area contributed by atoms with Crippen LogP contribution in [0.1, 0.15) is 51.9 Å². The molecule has 2 aliphatic rings. The summed E-state index contributed by atoms with van der Waals surface area (Å²) in [5, 5.41) is 15.2. The van der Waals surface area contributed by atoms with Gasteiger partial charge in [0.15, 0.2) is 0 Å². The molecule has 6 nitrogen and oxygen atoms in total.